The summed E-state index contributed by atoms with van der Waals surface area (Å²) in [6.07, 6.45) is 1.61. The molecular weight excluding hydrogens is 656 g/mol. The number of nitrogens with zero attached hydrogens (tertiary/aromatic N) is 1. The molecule has 4 rings (SSSR count). The Kier molecular flexibility index (Phi) is 8.18. The maximum atomic E-state index is 12.4. The number of carbonyl (C=O) groups is 1. The maximum Gasteiger partial charge on any atom is 0.363 e. The van der Waals surface area contributed by atoms with Gasteiger partial charge >= 0.3 is 5.97 Å². The van der Waals surface area contributed by atoms with Crippen LogP contribution in [0.1, 0.15) is 23.6 Å². The zero-order valence-electron chi connectivity index (χ0n) is 17.8. The molecule has 1 heterocycles. The third-order valence-corrected chi connectivity index (χ3v) is 7.59. The molecule has 0 radical (unpaired) electrons. The van der Waals surface area contributed by atoms with Crippen molar-refractivity contribution in [2.45, 2.75) is 13.5 Å². The lowest BCUT2D eigenvalue weighted by Crippen LogP contribution is -2.05. The van der Waals surface area contributed by atoms with Crippen molar-refractivity contribution in [1.82, 2.24) is 0 Å². The summed E-state index contributed by atoms with van der Waals surface area (Å²) in [5.41, 5.74) is 2.43. The Morgan fingerprint density at radius 1 is 1.09 bits per heavy atom. The van der Waals surface area contributed by atoms with Gasteiger partial charge in [0.15, 0.2) is 17.2 Å². The minimum absolute atomic E-state index is 0.165. The van der Waals surface area contributed by atoms with Crippen LogP contribution in [0, 0.1) is 3.57 Å². The Morgan fingerprint density at radius 3 is 2.56 bits per heavy atom. The molecule has 0 aromatic heterocycles. The summed E-state index contributed by atoms with van der Waals surface area (Å²) in [6.45, 7) is 2.58. The number of carbonyl (C=O) groups excluding carboxylic acids is 1. The Balaban J connectivity index is 1.61. The molecule has 9 heteroatoms. The van der Waals surface area contributed by atoms with Gasteiger partial charge in [-0.2, -0.15) is 0 Å². The first-order valence-electron chi connectivity index (χ1n) is 10.2. The molecule has 0 bridgehead atoms. The van der Waals surface area contributed by atoms with Crippen molar-refractivity contribution in [2.75, 3.05) is 6.61 Å². The number of cyclic esters (lactones) is 1. The van der Waals surface area contributed by atoms with Gasteiger partial charge in [0, 0.05) is 18.6 Å². The Labute approximate surface area is 229 Å². The minimum Gasteiger partial charge on any atom is -0.490 e. The molecule has 0 saturated carbocycles. The fourth-order valence-electron chi connectivity index (χ4n) is 3.13. The van der Waals surface area contributed by atoms with Crippen LogP contribution in [-0.2, 0) is 16.1 Å². The highest BCUT2D eigenvalue weighted by Crippen LogP contribution is 2.38. The van der Waals surface area contributed by atoms with Crippen LogP contribution >= 0.6 is 61.7 Å². The van der Waals surface area contributed by atoms with E-state index >= 15 is 0 Å². The molecule has 0 N–H and O–H groups in total. The molecular formula is C25H17BrCl2INO4. The third kappa shape index (κ3) is 5.94. The fourth-order valence-corrected chi connectivity index (χ4v) is 4.24. The van der Waals surface area contributed by atoms with Crippen molar-refractivity contribution in [1.29, 1.82) is 0 Å². The number of esters is 1. The van der Waals surface area contributed by atoms with Crippen LogP contribution in [0.4, 0.5) is 0 Å². The highest BCUT2D eigenvalue weighted by Gasteiger charge is 2.25. The standard InChI is InChI=1S/C25H17BrCl2INO4/c1-2-32-22-11-15(9-19(28)23(22)33-13-14-3-6-17(27)7-4-14)10-21-25(31)34-24(30-21)16-5-8-20(29)18(26)12-16/h3-12H,2,13H2,1H3/b21-10-. The monoisotopic (exact) mass is 671 g/mol. The predicted octanol–water partition coefficient (Wildman–Crippen LogP) is 7.68. The van der Waals surface area contributed by atoms with Crippen LogP contribution in [-0.4, -0.2) is 18.5 Å². The summed E-state index contributed by atoms with van der Waals surface area (Å²) >= 11 is 18.2. The average Bonchev–Trinajstić information content (AvgIpc) is 3.16. The van der Waals surface area contributed by atoms with E-state index < -0.39 is 5.97 Å². The summed E-state index contributed by atoms with van der Waals surface area (Å²) in [5.74, 6) is 0.588. The summed E-state index contributed by atoms with van der Waals surface area (Å²) in [6, 6.07) is 16.4. The summed E-state index contributed by atoms with van der Waals surface area (Å²) in [4.78, 5) is 16.8. The van der Waals surface area contributed by atoms with Crippen LogP contribution in [0.2, 0.25) is 10.0 Å². The van der Waals surface area contributed by atoms with E-state index in [-0.39, 0.29) is 11.6 Å². The van der Waals surface area contributed by atoms with Crippen molar-refractivity contribution in [3.8, 4) is 11.5 Å². The molecule has 3 aromatic rings. The number of benzene rings is 3. The lowest BCUT2D eigenvalue weighted by atomic mass is 10.1. The average molecular weight is 673 g/mol. The molecule has 0 unspecified atom stereocenters. The Morgan fingerprint density at radius 2 is 1.85 bits per heavy atom. The van der Waals surface area contributed by atoms with E-state index in [1.54, 1.807) is 30.3 Å². The fraction of sp³-hybridized carbons (Fsp3) is 0.120. The SMILES string of the molecule is CCOc1cc(/C=C2\N=C(c3ccc(I)c(Br)c3)OC2=O)cc(Cl)c1OCc1ccc(Cl)cc1. The molecule has 5 nitrogen and oxygen atoms in total. The van der Waals surface area contributed by atoms with Gasteiger partial charge in [0.25, 0.3) is 0 Å². The van der Waals surface area contributed by atoms with Crippen molar-refractivity contribution < 1.29 is 19.0 Å². The van der Waals surface area contributed by atoms with E-state index in [4.69, 9.17) is 37.4 Å². The first kappa shape index (κ1) is 25.0. The number of rotatable bonds is 7. The van der Waals surface area contributed by atoms with E-state index in [9.17, 15) is 4.79 Å². The molecule has 174 valence electrons. The third-order valence-electron chi connectivity index (χ3n) is 4.72. The normalized spacial score (nSPS) is 14.2. The number of ether oxygens (including phenoxy) is 3. The first-order valence-corrected chi connectivity index (χ1v) is 12.8. The quantitative estimate of drug-likeness (QED) is 0.147. The molecule has 0 saturated heterocycles. The molecule has 1 aliphatic rings. The van der Waals surface area contributed by atoms with Gasteiger partial charge in [0.2, 0.25) is 5.90 Å². The van der Waals surface area contributed by atoms with Gasteiger partial charge < -0.3 is 14.2 Å². The van der Waals surface area contributed by atoms with Gasteiger partial charge in [-0.15, -0.1) is 0 Å². The van der Waals surface area contributed by atoms with E-state index in [1.807, 2.05) is 37.3 Å². The number of aliphatic imine (C=N–C) groups is 1. The topological polar surface area (TPSA) is 57.1 Å². The number of halogens is 4. The van der Waals surface area contributed by atoms with Gasteiger partial charge in [0.05, 0.1) is 11.6 Å². The van der Waals surface area contributed by atoms with Gasteiger partial charge in [0.1, 0.15) is 6.61 Å². The van der Waals surface area contributed by atoms with Gasteiger partial charge in [-0.25, -0.2) is 9.79 Å². The second kappa shape index (κ2) is 11.1. The first-order chi connectivity index (χ1) is 16.3. The zero-order chi connectivity index (χ0) is 24.2. The molecule has 0 atom stereocenters. The van der Waals surface area contributed by atoms with Crippen LogP contribution < -0.4 is 9.47 Å². The van der Waals surface area contributed by atoms with Gasteiger partial charge in [-0.1, -0.05) is 35.3 Å². The Hall–Kier alpha value is -2.07. The predicted molar refractivity (Wildman–Crippen MR) is 146 cm³/mol. The Bertz CT molecular complexity index is 1310. The second-order valence-electron chi connectivity index (χ2n) is 7.14. The van der Waals surface area contributed by atoms with Crippen molar-refractivity contribution >= 4 is 79.7 Å². The summed E-state index contributed by atoms with van der Waals surface area (Å²) in [5, 5.41) is 1.00. The summed E-state index contributed by atoms with van der Waals surface area (Å²) < 4.78 is 19.0. The zero-order valence-corrected chi connectivity index (χ0v) is 23.0. The maximum absolute atomic E-state index is 12.4. The molecule has 1 aliphatic heterocycles. The highest BCUT2D eigenvalue weighted by molar-refractivity contribution is 14.1. The molecule has 0 fully saturated rings. The number of hydrogen-bond donors (Lipinski definition) is 0. The molecule has 0 aliphatic carbocycles. The van der Waals surface area contributed by atoms with Gasteiger partial charge in [-0.3, -0.25) is 0 Å². The smallest absolute Gasteiger partial charge is 0.363 e. The van der Waals surface area contributed by atoms with Crippen LogP contribution in [0.15, 0.2) is 69.8 Å². The van der Waals surface area contributed by atoms with E-state index in [0.29, 0.717) is 45.9 Å². The van der Waals surface area contributed by atoms with Crippen molar-refractivity contribution in [3.63, 3.8) is 0 Å². The lowest BCUT2D eigenvalue weighted by molar-refractivity contribution is -0.129. The second-order valence-corrected chi connectivity index (χ2v) is 10.0. The van der Waals surface area contributed by atoms with Crippen LogP contribution in [0.3, 0.4) is 0 Å². The van der Waals surface area contributed by atoms with Crippen LogP contribution in [0.25, 0.3) is 6.08 Å². The minimum atomic E-state index is -0.540. The van der Waals surface area contributed by atoms with Gasteiger partial charge in [-0.05, 0) is 105 Å². The van der Waals surface area contributed by atoms with E-state index in [2.05, 4.69) is 43.5 Å². The van der Waals surface area contributed by atoms with Crippen molar-refractivity contribution in [2.24, 2.45) is 4.99 Å². The molecule has 0 amide bonds. The van der Waals surface area contributed by atoms with E-state index in [0.717, 1.165) is 13.6 Å². The molecule has 3 aromatic carbocycles. The number of hydrogen-bond acceptors (Lipinski definition) is 5. The molecule has 34 heavy (non-hydrogen) atoms. The highest BCUT2D eigenvalue weighted by atomic mass is 127. The lowest BCUT2D eigenvalue weighted by Gasteiger charge is -2.14. The van der Waals surface area contributed by atoms with Crippen LogP contribution in [0.5, 0.6) is 11.5 Å². The van der Waals surface area contributed by atoms with E-state index in [1.165, 1.54) is 0 Å². The van der Waals surface area contributed by atoms with Crippen molar-refractivity contribution in [3.05, 3.63) is 95.1 Å². The summed E-state index contributed by atoms with van der Waals surface area (Å²) in [7, 11) is 0. The molecule has 0 spiro atoms. The largest absolute Gasteiger partial charge is 0.490 e.